The first-order valence-corrected chi connectivity index (χ1v) is 11.2. The third-order valence-electron chi connectivity index (χ3n) is 7.28. The Labute approximate surface area is 183 Å². The lowest BCUT2D eigenvalue weighted by Gasteiger charge is -2.33. The van der Waals surface area contributed by atoms with Crippen molar-refractivity contribution in [1.82, 2.24) is 14.4 Å². The molecule has 2 amide bonds. The van der Waals surface area contributed by atoms with Gasteiger partial charge < -0.3 is 24.2 Å². The Morgan fingerprint density at radius 3 is 2.52 bits per heavy atom. The third kappa shape index (κ3) is 4.28. The Balaban J connectivity index is 1.56. The van der Waals surface area contributed by atoms with E-state index in [1.807, 2.05) is 12.1 Å². The van der Waals surface area contributed by atoms with E-state index < -0.39 is 6.09 Å². The van der Waals surface area contributed by atoms with Crippen LogP contribution in [-0.4, -0.2) is 71.9 Å². The van der Waals surface area contributed by atoms with Crippen LogP contribution in [-0.2, 0) is 24.6 Å². The predicted octanol–water partition coefficient (Wildman–Crippen LogP) is 3.39. The maximum atomic E-state index is 13.0. The van der Waals surface area contributed by atoms with Crippen molar-refractivity contribution in [1.29, 1.82) is 0 Å². The lowest BCUT2D eigenvalue weighted by molar-refractivity contribution is 0.0439. The number of ether oxygens (including phenoxy) is 1. The van der Waals surface area contributed by atoms with Crippen molar-refractivity contribution >= 4 is 22.9 Å². The van der Waals surface area contributed by atoms with Crippen molar-refractivity contribution in [2.45, 2.75) is 32.1 Å². The highest BCUT2D eigenvalue weighted by molar-refractivity contribution is 5.99. The van der Waals surface area contributed by atoms with Gasteiger partial charge in [-0.3, -0.25) is 4.79 Å². The number of carbonyl (C=O) groups is 2. The number of amides is 2. The largest absolute Gasteiger partial charge is 0.465 e. The van der Waals surface area contributed by atoms with Gasteiger partial charge >= 0.3 is 6.09 Å². The Morgan fingerprint density at radius 1 is 1.10 bits per heavy atom. The van der Waals surface area contributed by atoms with Gasteiger partial charge in [-0.05, 0) is 67.7 Å². The first kappa shape index (κ1) is 21.7. The summed E-state index contributed by atoms with van der Waals surface area (Å²) in [4.78, 5) is 26.8. The molecule has 1 aliphatic carbocycles. The van der Waals surface area contributed by atoms with Gasteiger partial charge in [-0.15, -0.1) is 0 Å². The van der Waals surface area contributed by atoms with Crippen molar-refractivity contribution in [3.63, 3.8) is 0 Å². The molecule has 1 unspecified atom stereocenters. The summed E-state index contributed by atoms with van der Waals surface area (Å²) >= 11 is 0. The molecule has 168 valence electrons. The molecule has 1 aromatic carbocycles. The lowest BCUT2D eigenvalue weighted by atomic mass is 9.75. The number of likely N-dealkylation sites (N-methyl/N-ethyl adjacent to an activating group) is 2. The molecule has 1 saturated heterocycles. The molecule has 7 nitrogen and oxygen atoms in total. The average Bonchev–Trinajstić information content (AvgIpc) is 3.08. The number of carboxylic acid groups (broad SMARTS) is 1. The highest BCUT2D eigenvalue weighted by Gasteiger charge is 2.31. The molecule has 0 radical (unpaired) electrons. The lowest BCUT2D eigenvalue weighted by Crippen LogP contribution is -2.36. The molecule has 0 spiro atoms. The second kappa shape index (κ2) is 8.91. The van der Waals surface area contributed by atoms with E-state index >= 15 is 0 Å². The van der Waals surface area contributed by atoms with Gasteiger partial charge in [0.2, 0.25) is 0 Å². The quantitative estimate of drug-likeness (QED) is 0.794. The first-order valence-electron chi connectivity index (χ1n) is 11.2. The number of aromatic nitrogens is 1. The molecule has 1 aromatic heterocycles. The summed E-state index contributed by atoms with van der Waals surface area (Å²) in [7, 11) is 5.37. The Hall–Kier alpha value is -2.54. The summed E-state index contributed by atoms with van der Waals surface area (Å²) in [5, 5.41) is 10.2. The minimum absolute atomic E-state index is 0.0740. The maximum Gasteiger partial charge on any atom is 0.407 e. The minimum Gasteiger partial charge on any atom is -0.465 e. The van der Waals surface area contributed by atoms with Gasteiger partial charge in [-0.2, -0.15) is 0 Å². The van der Waals surface area contributed by atoms with Crippen molar-refractivity contribution in [3.8, 4) is 0 Å². The van der Waals surface area contributed by atoms with E-state index in [0.717, 1.165) is 44.8 Å². The van der Waals surface area contributed by atoms with Crippen LogP contribution >= 0.6 is 0 Å². The molecule has 1 fully saturated rings. The van der Waals surface area contributed by atoms with Gasteiger partial charge in [-0.1, -0.05) is 0 Å². The van der Waals surface area contributed by atoms with Crippen molar-refractivity contribution in [3.05, 3.63) is 35.0 Å². The van der Waals surface area contributed by atoms with E-state index in [-0.39, 0.29) is 12.5 Å². The zero-order valence-corrected chi connectivity index (χ0v) is 18.8. The van der Waals surface area contributed by atoms with Gasteiger partial charge in [0.15, 0.2) is 0 Å². The molecule has 1 atom stereocenters. The number of nitrogens with zero attached hydrogens (tertiary/aromatic N) is 3. The average molecular weight is 428 g/mol. The van der Waals surface area contributed by atoms with E-state index in [9.17, 15) is 9.59 Å². The fraction of sp³-hybridized carbons (Fsp3) is 0.583. The molecule has 2 heterocycles. The van der Waals surface area contributed by atoms with E-state index in [4.69, 9.17) is 9.84 Å². The zero-order chi connectivity index (χ0) is 22.1. The molecule has 1 N–H and O–H groups in total. The molecule has 4 rings (SSSR count). The summed E-state index contributed by atoms with van der Waals surface area (Å²) in [6, 6.07) is 5.99. The van der Waals surface area contributed by atoms with Crippen LogP contribution in [0.4, 0.5) is 4.79 Å². The number of hydrogen-bond acceptors (Lipinski definition) is 3. The molecule has 2 aliphatic rings. The monoisotopic (exact) mass is 427 g/mol. The van der Waals surface area contributed by atoms with Crippen molar-refractivity contribution in [2.75, 3.05) is 40.4 Å². The van der Waals surface area contributed by atoms with Crippen molar-refractivity contribution in [2.24, 2.45) is 18.9 Å². The summed E-state index contributed by atoms with van der Waals surface area (Å²) in [5.41, 5.74) is 4.65. The number of carbonyl (C=O) groups excluding carboxylic acids is 1. The summed E-state index contributed by atoms with van der Waals surface area (Å²) in [6.07, 6.45) is 4.72. The molecule has 1 aliphatic heterocycles. The predicted molar refractivity (Wildman–Crippen MR) is 120 cm³/mol. The summed E-state index contributed by atoms with van der Waals surface area (Å²) in [6.45, 7) is 2.41. The topological polar surface area (TPSA) is 75.0 Å². The van der Waals surface area contributed by atoms with E-state index in [0.29, 0.717) is 18.0 Å². The van der Waals surface area contributed by atoms with E-state index in [1.54, 1.807) is 11.9 Å². The van der Waals surface area contributed by atoms with Gasteiger partial charge in [0.25, 0.3) is 5.91 Å². The van der Waals surface area contributed by atoms with Gasteiger partial charge in [0.05, 0.1) is 0 Å². The van der Waals surface area contributed by atoms with Crippen LogP contribution in [0.25, 0.3) is 10.9 Å². The van der Waals surface area contributed by atoms with Crippen LogP contribution in [0.15, 0.2) is 18.2 Å². The van der Waals surface area contributed by atoms with Crippen molar-refractivity contribution < 1.29 is 19.4 Å². The number of rotatable bonds is 5. The maximum absolute atomic E-state index is 13.0. The zero-order valence-electron chi connectivity index (χ0n) is 18.8. The second-order valence-electron chi connectivity index (χ2n) is 9.10. The number of aryl methyl sites for hydroxylation is 1. The Bertz CT molecular complexity index is 977. The normalized spacial score (nSPS) is 19.3. The SMILES string of the molecule is CN(CCN(C)C(=O)c1ccc2c(c1)c1c(n2C)CCC(C2CCOCC2)C1)C(=O)O. The molecule has 0 bridgehead atoms. The summed E-state index contributed by atoms with van der Waals surface area (Å²) in [5.74, 6) is 1.35. The minimum atomic E-state index is -0.989. The molecule has 7 heteroatoms. The standard InChI is InChI=1S/C24H33N3O4/c1-25(10-11-26(2)24(29)30)23(28)18-5-7-22-20(15-18)19-14-17(4-6-21(19)27(22)3)16-8-12-31-13-9-16/h5,7,15-17H,4,6,8-14H2,1-3H3,(H,29,30). The number of benzene rings is 1. The van der Waals surface area contributed by atoms with E-state index in [1.165, 1.54) is 40.5 Å². The summed E-state index contributed by atoms with van der Waals surface area (Å²) < 4.78 is 7.86. The van der Waals surface area contributed by atoms with Crippen LogP contribution in [0.5, 0.6) is 0 Å². The Kier molecular flexibility index (Phi) is 6.23. The fourth-order valence-electron chi connectivity index (χ4n) is 5.25. The molecular formula is C24H33N3O4. The molecule has 31 heavy (non-hydrogen) atoms. The van der Waals surface area contributed by atoms with Crippen LogP contribution in [0.3, 0.4) is 0 Å². The smallest absolute Gasteiger partial charge is 0.407 e. The molecule has 0 saturated carbocycles. The van der Waals surface area contributed by atoms with Crippen LogP contribution in [0.2, 0.25) is 0 Å². The first-order chi connectivity index (χ1) is 14.9. The number of fused-ring (bicyclic) bond motifs is 3. The van der Waals surface area contributed by atoms with Crippen LogP contribution in [0, 0.1) is 11.8 Å². The van der Waals surface area contributed by atoms with Crippen LogP contribution in [0.1, 0.15) is 40.9 Å². The van der Waals surface area contributed by atoms with E-state index in [2.05, 4.69) is 17.7 Å². The molecule has 2 aromatic rings. The van der Waals surface area contributed by atoms with Crippen LogP contribution < -0.4 is 0 Å². The fourth-order valence-corrected chi connectivity index (χ4v) is 5.25. The highest BCUT2D eigenvalue weighted by Crippen LogP contribution is 2.39. The van der Waals surface area contributed by atoms with Gasteiger partial charge in [0, 0.05) is 69.6 Å². The highest BCUT2D eigenvalue weighted by atomic mass is 16.5. The third-order valence-corrected chi connectivity index (χ3v) is 7.28. The molecular weight excluding hydrogens is 394 g/mol. The second-order valence-corrected chi connectivity index (χ2v) is 9.10. The van der Waals surface area contributed by atoms with Gasteiger partial charge in [0.1, 0.15) is 0 Å². The van der Waals surface area contributed by atoms with Gasteiger partial charge in [-0.25, -0.2) is 4.79 Å². The number of hydrogen-bond donors (Lipinski definition) is 1. The Morgan fingerprint density at radius 2 is 1.81 bits per heavy atom.